The molecule has 2 aromatic rings. The minimum Gasteiger partial charge on any atom is -0.343 e. The number of carbonyl (C=O) groups is 2. The second-order valence-electron chi connectivity index (χ2n) is 6.82. The van der Waals surface area contributed by atoms with Crippen LogP contribution in [0.15, 0.2) is 46.3 Å². The number of likely N-dealkylation sites (tertiary alicyclic amines) is 1. The molecule has 0 saturated carbocycles. The molecule has 1 aromatic carbocycles. The van der Waals surface area contributed by atoms with Crippen molar-refractivity contribution in [3.05, 3.63) is 56.7 Å². The van der Waals surface area contributed by atoms with E-state index in [1.54, 1.807) is 18.3 Å². The Kier molecular flexibility index (Phi) is 5.82. The molecule has 1 aliphatic rings. The SMILES string of the molecule is CC(=O)N1CCC(C(=O)N(C)Cc2ccc(Br)s2)(c2ccccc2)CC1. The van der Waals surface area contributed by atoms with Crippen LogP contribution >= 0.6 is 27.3 Å². The van der Waals surface area contributed by atoms with Gasteiger partial charge in [-0.15, -0.1) is 11.3 Å². The third-order valence-corrected chi connectivity index (χ3v) is 6.78. The fraction of sp³-hybridized carbons (Fsp3) is 0.400. The number of piperidine rings is 1. The lowest BCUT2D eigenvalue weighted by Gasteiger charge is -2.42. The maximum absolute atomic E-state index is 13.5. The highest BCUT2D eigenvalue weighted by atomic mass is 79.9. The monoisotopic (exact) mass is 434 g/mol. The van der Waals surface area contributed by atoms with Crippen LogP contribution in [0.2, 0.25) is 0 Å². The van der Waals surface area contributed by atoms with Gasteiger partial charge in [0.1, 0.15) is 0 Å². The number of thiophene rings is 1. The van der Waals surface area contributed by atoms with Gasteiger partial charge in [-0.1, -0.05) is 30.3 Å². The number of rotatable bonds is 4. The summed E-state index contributed by atoms with van der Waals surface area (Å²) in [6, 6.07) is 14.1. The molecule has 1 aromatic heterocycles. The van der Waals surface area contributed by atoms with E-state index in [1.165, 1.54) is 0 Å². The normalized spacial score (nSPS) is 16.3. The fourth-order valence-electron chi connectivity index (χ4n) is 3.69. The Morgan fingerprint density at radius 3 is 2.35 bits per heavy atom. The van der Waals surface area contributed by atoms with Crippen LogP contribution in [0.3, 0.4) is 0 Å². The second-order valence-corrected chi connectivity index (χ2v) is 9.37. The Labute approximate surface area is 166 Å². The highest BCUT2D eigenvalue weighted by Crippen LogP contribution is 2.38. The largest absolute Gasteiger partial charge is 0.343 e. The molecule has 0 radical (unpaired) electrons. The quantitative estimate of drug-likeness (QED) is 0.727. The van der Waals surface area contributed by atoms with E-state index in [1.807, 2.05) is 59.3 Å². The van der Waals surface area contributed by atoms with Gasteiger partial charge in [0, 0.05) is 31.9 Å². The average molecular weight is 435 g/mol. The number of likely N-dealkylation sites (N-methyl/N-ethyl adjacent to an activating group) is 1. The first-order valence-electron chi connectivity index (χ1n) is 8.73. The zero-order valence-electron chi connectivity index (χ0n) is 15.1. The Bertz CT molecular complexity index is 782. The number of halogens is 1. The van der Waals surface area contributed by atoms with Crippen molar-refractivity contribution in [3.8, 4) is 0 Å². The van der Waals surface area contributed by atoms with E-state index in [4.69, 9.17) is 0 Å². The molecule has 0 atom stereocenters. The Morgan fingerprint density at radius 2 is 1.81 bits per heavy atom. The van der Waals surface area contributed by atoms with Gasteiger partial charge >= 0.3 is 0 Å². The van der Waals surface area contributed by atoms with Crippen molar-refractivity contribution in [2.45, 2.75) is 31.7 Å². The molecule has 3 rings (SSSR count). The molecule has 2 heterocycles. The van der Waals surface area contributed by atoms with Gasteiger partial charge in [0.15, 0.2) is 0 Å². The predicted octanol–water partition coefficient (Wildman–Crippen LogP) is 4.05. The van der Waals surface area contributed by atoms with Crippen LogP contribution in [-0.2, 0) is 21.5 Å². The first kappa shape index (κ1) is 19.1. The van der Waals surface area contributed by atoms with Crippen LogP contribution in [0.25, 0.3) is 0 Å². The predicted molar refractivity (Wildman–Crippen MR) is 108 cm³/mol. The molecule has 0 spiro atoms. The summed E-state index contributed by atoms with van der Waals surface area (Å²) in [7, 11) is 1.87. The van der Waals surface area contributed by atoms with Crippen LogP contribution in [0, 0.1) is 0 Å². The molecule has 0 unspecified atom stereocenters. The van der Waals surface area contributed by atoms with E-state index >= 15 is 0 Å². The molecule has 1 fully saturated rings. The van der Waals surface area contributed by atoms with Crippen molar-refractivity contribution in [2.24, 2.45) is 0 Å². The minimum absolute atomic E-state index is 0.0795. The van der Waals surface area contributed by atoms with Crippen molar-refractivity contribution >= 4 is 39.1 Å². The molecule has 1 aliphatic heterocycles. The lowest BCUT2D eigenvalue weighted by atomic mass is 9.71. The number of benzene rings is 1. The van der Waals surface area contributed by atoms with Crippen LogP contribution < -0.4 is 0 Å². The summed E-state index contributed by atoms with van der Waals surface area (Å²) < 4.78 is 1.07. The van der Waals surface area contributed by atoms with E-state index in [0.717, 1.165) is 14.2 Å². The van der Waals surface area contributed by atoms with Gasteiger partial charge in [-0.25, -0.2) is 0 Å². The lowest BCUT2D eigenvalue weighted by Crippen LogP contribution is -2.52. The number of carbonyl (C=O) groups excluding carboxylic acids is 2. The van der Waals surface area contributed by atoms with Gasteiger partial charge in [-0.05, 0) is 46.5 Å². The molecule has 138 valence electrons. The van der Waals surface area contributed by atoms with Gasteiger partial charge in [-0.3, -0.25) is 9.59 Å². The molecule has 4 nitrogen and oxygen atoms in total. The first-order chi connectivity index (χ1) is 12.4. The number of hydrogen-bond acceptors (Lipinski definition) is 3. The standard InChI is InChI=1S/C20H23BrN2O2S/c1-15(24)23-12-10-20(11-13-23,16-6-4-3-5-7-16)19(25)22(2)14-17-8-9-18(21)26-17/h3-9H,10-14H2,1-2H3. The fourth-order valence-corrected chi connectivity index (χ4v) is 5.23. The molecular weight excluding hydrogens is 412 g/mol. The lowest BCUT2D eigenvalue weighted by molar-refractivity contribution is -0.141. The average Bonchev–Trinajstić information content (AvgIpc) is 3.06. The number of amides is 2. The van der Waals surface area contributed by atoms with Crippen molar-refractivity contribution in [1.82, 2.24) is 9.80 Å². The molecule has 6 heteroatoms. The second kappa shape index (κ2) is 7.92. The molecule has 0 bridgehead atoms. The maximum Gasteiger partial charge on any atom is 0.233 e. The van der Waals surface area contributed by atoms with Crippen LogP contribution in [0.5, 0.6) is 0 Å². The van der Waals surface area contributed by atoms with E-state index in [0.29, 0.717) is 32.5 Å². The molecule has 0 aliphatic carbocycles. The summed E-state index contributed by atoms with van der Waals surface area (Å²) in [5, 5.41) is 0. The molecule has 26 heavy (non-hydrogen) atoms. The van der Waals surface area contributed by atoms with E-state index in [2.05, 4.69) is 15.9 Å². The first-order valence-corrected chi connectivity index (χ1v) is 10.3. The third kappa shape index (κ3) is 3.86. The van der Waals surface area contributed by atoms with Crippen molar-refractivity contribution in [2.75, 3.05) is 20.1 Å². The Balaban J connectivity index is 1.86. The van der Waals surface area contributed by atoms with Gasteiger partial charge in [0.25, 0.3) is 0 Å². The van der Waals surface area contributed by atoms with Crippen molar-refractivity contribution < 1.29 is 9.59 Å². The third-order valence-electron chi connectivity index (χ3n) is 5.17. The summed E-state index contributed by atoms with van der Waals surface area (Å²) in [6.07, 6.45) is 1.32. The van der Waals surface area contributed by atoms with Gasteiger partial charge < -0.3 is 9.80 Å². The smallest absolute Gasteiger partial charge is 0.233 e. The summed E-state index contributed by atoms with van der Waals surface area (Å²) >= 11 is 5.13. The zero-order chi connectivity index (χ0) is 18.7. The van der Waals surface area contributed by atoms with Crippen LogP contribution in [0.1, 0.15) is 30.2 Å². The topological polar surface area (TPSA) is 40.6 Å². The number of nitrogens with zero attached hydrogens (tertiary/aromatic N) is 2. The molecular formula is C20H23BrN2O2S. The summed E-state index contributed by atoms with van der Waals surface area (Å²) in [6.45, 7) is 3.43. The molecule has 2 amide bonds. The van der Waals surface area contributed by atoms with Crippen molar-refractivity contribution in [1.29, 1.82) is 0 Å². The Hall–Kier alpha value is -1.66. The highest BCUT2D eigenvalue weighted by Gasteiger charge is 2.44. The maximum atomic E-state index is 13.5. The molecule has 0 N–H and O–H groups in total. The van der Waals surface area contributed by atoms with E-state index < -0.39 is 5.41 Å². The van der Waals surface area contributed by atoms with Crippen LogP contribution in [-0.4, -0.2) is 41.8 Å². The van der Waals surface area contributed by atoms with E-state index in [9.17, 15) is 9.59 Å². The van der Waals surface area contributed by atoms with E-state index in [-0.39, 0.29) is 11.8 Å². The summed E-state index contributed by atoms with van der Waals surface area (Å²) in [4.78, 5) is 30.1. The van der Waals surface area contributed by atoms with Gasteiger partial charge in [0.05, 0.1) is 15.7 Å². The minimum atomic E-state index is -0.559. The van der Waals surface area contributed by atoms with Crippen molar-refractivity contribution in [3.63, 3.8) is 0 Å². The summed E-state index contributed by atoms with van der Waals surface area (Å²) in [5.41, 5.74) is 0.489. The van der Waals surface area contributed by atoms with Gasteiger partial charge in [-0.2, -0.15) is 0 Å². The zero-order valence-corrected chi connectivity index (χ0v) is 17.5. The molecule has 1 saturated heterocycles. The number of hydrogen-bond donors (Lipinski definition) is 0. The summed E-state index contributed by atoms with van der Waals surface area (Å²) in [5.74, 6) is 0.215. The van der Waals surface area contributed by atoms with Crippen LogP contribution in [0.4, 0.5) is 0 Å². The van der Waals surface area contributed by atoms with Gasteiger partial charge in [0.2, 0.25) is 11.8 Å². The Morgan fingerprint density at radius 1 is 1.15 bits per heavy atom. The highest BCUT2D eigenvalue weighted by molar-refractivity contribution is 9.11.